The molecule has 1 fully saturated rings. The number of amides is 1. The lowest BCUT2D eigenvalue weighted by Crippen LogP contribution is -2.44. The van der Waals surface area contributed by atoms with Gasteiger partial charge in [-0.1, -0.05) is 20.8 Å². The molecule has 2 unspecified atom stereocenters. The van der Waals surface area contributed by atoms with Crippen LogP contribution in [-0.4, -0.2) is 51.5 Å². The van der Waals surface area contributed by atoms with Gasteiger partial charge in [0.25, 0.3) is 0 Å². The molecule has 0 saturated carbocycles. The summed E-state index contributed by atoms with van der Waals surface area (Å²) in [4.78, 5) is 12.1. The van der Waals surface area contributed by atoms with Crippen molar-refractivity contribution in [3.8, 4) is 0 Å². The van der Waals surface area contributed by atoms with Crippen LogP contribution in [0.4, 0.5) is 0 Å². The predicted octanol–water partition coefficient (Wildman–Crippen LogP) is 1.18. The normalized spacial score (nSPS) is 22.4. The molecule has 5 heteroatoms. The van der Waals surface area contributed by atoms with Gasteiger partial charge in [0.2, 0.25) is 5.91 Å². The van der Waals surface area contributed by atoms with Crippen molar-refractivity contribution in [2.24, 2.45) is 11.8 Å². The van der Waals surface area contributed by atoms with Crippen LogP contribution in [0.3, 0.4) is 0 Å². The molecule has 118 valence electrons. The van der Waals surface area contributed by atoms with Gasteiger partial charge in [-0.2, -0.15) is 0 Å². The third kappa shape index (κ3) is 6.68. The molecule has 0 aromatic carbocycles. The predicted molar refractivity (Wildman–Crippen MR) is 79.7 cm³/mol. The average Bonchev–Trinajstić information content (AvgIpc) is 2.88. The van der Waals surface area contributed by atoms with Gasteiger partial charge >= 0.3 is 0 Å². The van der Waals surface area contributed by atoms with E-state index in [1.807, 2.05) is 0 Å². The van der Waals surface area contributed by atoms with E-state index in [0.717, 1.165) is 26.0 Å². The van der Waals surface area contributed by atoms with Crippen molar-refractivity contribution in [1.82, 2.24) is 10.6 Å². The van der Waals surface area contributed by atoms with Gasteiger partial charge in [0, 0.05) is 25.8 Å². The molecular weight excluding hydrogens is 256 g/mol. The van der Waals surface area contributed by atoms with Crippen LogP contribution in [0, 0.1) is 11.8 Å². The molecule has 0 aromatic heterocycles. The average molecular weight is 286 g/mol. The molecule has 20 heavy (non-hydrogen) atoms. The highest BCUT2D eigenvalue weighted by molar-refractivity contribution is 5.79. The first-order valence-electron chi connectivity index (χ1n) is 7.81. The van der Waals surface area contributed by atoms with Crippen molar-refractivity contribution < 1.29 is 14.3 Å². The Kier molecular flexibility index (Phi) is 8.82. The Balaban J connectivity index is 2.12. The molecule has 2 N–H and O–H groups in total. The summed E-state index contributed by atoms with van der Waals surface area (Å²) in [5, 5.41) is 6.36. The van der Waals surface area contributed by atoms with Crippen LogP contribution in [0.25, 0.3) is 0 Å². The van der Waals surface area contributed by atoms with Gasteiger partial charge in [0.1, 0.15) is 0 Å². The SMILES string of the molecule is CCCNC1COCC1C(=O)NCCCOCC(C)C. The number of hydrogen-bond acceptors (Lipinski definition) is 4. The molecule has 5 nitrogen and oxygen atoms in total. The third-order valence-corrected chi connectivity index (χ3v) is 3.29. The zero-order chi connectivity index (χ0) is 14.8. The molecule has 0 radical (unpaired) electrons. The summed E-state index contributed by atoms with van der Waals surface area (Å²) in [7, 11) is 0. The molecule has 1 amide bonds. The molecule has 1 rings (SSSR count). The highest BCUT2D eigenvalue weighted by atomic mass is 16.5. The Labute approximate surface area is 122 Å². The van der Waals surface area contributed by atoms with E-state index < -0.39 is 0 Å². The number of carbonyl (C=O) groups excluding carboxylic acids is 1. The second-order valence-corrected chi connectivity index (χ2v) is 5.82. The second kappa shape index (κ2) is 10.1. The molecule has 2 atom stereocenters. The Morgan fingerprint density at radius 1 is 1.35 bits per heavy atom. The first-order valence-corrected chi connectivity index (χ1v) is 7.81. The van der Waals surface area contributed by atoms with E-state index in [-0.39, 0.29) is 17.9 Å². The van der Waals surface area contributed by atoms with Gasteiger partial charge in [-0.05, 0) is 25.3 Å². The fraction of sp³-hybridized carbons (Fsp3) is 0.933. The van der Waals surface area contributed by atoms with Crippen LogP contribution in [0.1, 0.15) is 33.6 Å². The second-order valence-electron chi connectivity index (χ2n) is 5.82. The summed E-state index contributed by atoms with van der Waals surface area (Å²) in [5.74, 6) is 0.601. The van der Waals surface area contributed by atoms with Crippen LogP contribution < -0.4 is 10.6 Å². The minimum Gasteiger partial charge on any atom is -0.381 e. The maximum Gasteiger partial charge on any atom is 0.227 e. The molecule has 0 spiro atoms. The van der Waals surface area contributed by atoms with Crippen molar-refractivity contribution >= 4 is 5.91 Å². The highest BCUT2D eigenvalue weighted by Crippen LogP contribution is 2.13. The smallest absolute Gasteiger partial charge is 0.227 e. The van der Waals surface area contributed by atoms with Gasteiger partial charge in [-0.25, -0.2) is 0 Å². The minimum absolute atomic E-state index is 0.0573. The van der Waals surface area contributed by atoms with Crippen molar-refractivity contribution in [2.75, 3.05) is 39.5 Å². The summed E-state index contributed by atoms with van der Waals surface area (Å²) in [6.45, 7) is 10.6. The molecule has 1 heterocycles. The maximum atomic E-state index is 12.1. The van der Waals surface area contributed by atoms with Crippen molar-refractivity contribution in [3.05, 3.63) is 0 Å². The molecule has 0 aromatic rings. The summed E-state index contributed by atoms with van der Waals surface area (Å²) in [6, 6.07) is 0.159. The number of nitrogens with one attached hydrogen (secondary N) is 2. The summed E-state index contributed by atoms with van der Waals surface area (Å²) in [6.07, 6.45) is 1.93. The number of carbonyl (C=O) groups is 1. The van der Waals surface area contributed by atoms with Crippen LogP contribution in [0.15, 0.2) is 0 Å². The molecule has 0 bridgehead atoms. The van der Waals surface area contributed by atoms with E-state index in [1.54, 1.807) is 0 Å². The van der Waals surface area contributed by atoms with Crippen LogP contribution in [-0.2, 0) is 14.3 Å². The molecular formula is C15H30N2O3. The van der Waals surface area contributed by atoms with E-state index >= 15 is 0 Å². The summed E-state index contributed by atoms with van der Waals surface area (Å²) < 4.78 is 10.9. The van der Waals surface area contributed by atoms with E-state index in [4.69, 9.17) is 9.47 Å². The Morgan fingerprint density at radius 3 is 2.85 bits per heavy atom. The zero-order valence-corrected chi connectivity index (χ0v) is 13.1. The Bertz CT molecular complexity index is 272. The van der Waals surface area contributed by atoms with Gasteiger partial charge in [0.05, 0.1) is 19.1 Å². The highest BCUT2D eigenvalue weighted by Gasteiger charge is 2.33. The quantitative estimate of drug-likeness (QED) is 0.592. The van der Waals surface area contributed by atoms with Gasteiger partial charge in [-0.15, -0.1) is 0 Å². The summed E-state index contributed by atoms with van der Waals surface area (Å²) in [5.41, 5.74) is 0. The van der Waals surface area contributed by atoms with E-state index in [9.17, 15) is 4.79 Å². The molecule has 1 aliphatic rings. The molecule has 1 aliphatic heterocycles. The first-order chi connectivity index (χ1) is 9.65. The lowest BCUT2D eigenvalue weighted by Gasteiger charge is -2.18. The van der Waals surface area contributed by atoms with Crippen molar-refractivity contribution in [3.63, 3.8) is 0 Å². The Morgan fingerprint density at radius 2 is 2.15 bits per heavy atom. The number of rotatable bonds is 10. The fourth-order valence-electron chi connectivity index (χ4n) is 2.18. The van der Waals surface area contributed by atoms with Crippen LogP contribution >= 0.6 is 0 Å². The summed E-state index contributed by atoms with van der Waals surface area (Å²) >= 11 is 0. The zero-order valence-electron chi connectivity index (χ0n) is 13.1. The fourth-order valence-corrected chi connectivity index (χ4v) is 2.18. The van der Waals surface area contributed by atoms with E-state index in [2.05, 4.69) is 31.4 Å². The lowest BCUT2D eigenvalue weighted by atomic mass is 10.0. The third-order valence-electron chi connectivity index (χ3n) is 3.29. The lowest BCUT2D eigenvalue weighted by molar-refractivity contribution is -0.125. The van der Waals surface area contributed by atoms with Gasteiger partial charge in [-0.3, -0.25) is 4.79 Å². The number of ether oxygens (including phenoxy) is 2. The van der Waals surface area contributed by atoms with Crippen molar-refractivity contribution in [2.45, 2.75) is 39.7 Å². The minimum atomic E-state index is -0.0573. The number of hydrogen-bond donors (Lipinski definition) is 2. The van der Waals surface area contributed by atoms with E-state index in [0.29, 0.717) is 32.3 Å². The monoisotopic (exact) mass is 286 g/mol. The van der Waals surface area contributed by atoms with Gasteiger partial charge < -0.3 is 20.1 Å². The molecule has 1 saturated heterocycles. The largest absolute Gasteiger partial charge is 0.381 e. The maximum absolute atomic E-state index is 12.1. The Hall–Kier alpha value is -0.650. The van der Waals surface area contributed by atoms with Gasteiger partial charge in [0.15, 0.2) is 0 Å². The van der Waals surface area contributed by atoms with Crippen LogP contribution in [0.2, 0.25) is 0 Å². The van der Waals surface area contributed by atoms with Crippen LogP contribution in [0.5, 0.6) is 0 Å². The van der Waals surface area contributed by atoms with Crippen molar-refractivity contribution in [1.29, 1.82) is 0 Å². The molecule has 0 aliphatic carbocycles. The topological polar surface area (TPSA) is 59.6 Å². The standard InChI is InChI=1S/C15H30N2O3/c1-4-6-16-14-11-20-10-13(14)15(18)17-7-5-8-19-9-12(2)3/h12-14,16H,4-11H2,1-3H3,(H,17,18). The van der Waals surface area contributed by atoms with E-state index in [1.165, 1.54) is 0 Å². The first kappa shape index (κ1) is 17.4.